The van der Waals surface area contributed by atoms with Crippen LogP contribution in [0.5, 0.6) is 11.5 Å². The van der Waals surface area contributed by atoms with Gasteiger partial charge in [0.05, 0.1) is 12.7 Å². The number of amides is 2. The minimum atomic E-state index is -0.251. The molecule has 0 atom stereocenters. The summed E-state index contributed by atoms with van der Waals surface area (Å²) in [6, 6.07) is 12.1. The van der Waals surface area contributed by atoms with Gasteiger partial charge in [-0.2, -0.15) is 0 Å². The van der Waals surface area contributed by atoms with Crippen LogP contribution < -0.4 is 25.8 Å². The molecule has 0 bridgehead atoms. The lowest BCUT2D eigenvalue weighted by Gasteiger charge is -2.13. The molecule has 0 aliphatic carbocycles. The Labute approximate surface area is 164 Å². The van der Waals surface area contributed by atoms with E-state index in [0.717, 1.165) is 5.56 Å². The number of nitrogen functional groups attached to an aromatic ring is 1. The first-order valence-corrected chi connectivity index (χ1v) is 8.24. The van der Waals surface area contributed by atoms with Gasteiger partial charge in [-0.15, -0.1) is 12.4 Å². The fraction of sp³-hybridized carbons (Fsp3) is 0.263. The number of hydrogen-bond donors (Lipinski definition) is 3. The zero-order chi connectivity index (χ0) is 18.9. The van der Waals surface area contributed by atoms with Crippen molar-refractivity contribution in [3.05, 3.63) is 53.6 Å². The second-order valence-corrected chi connectivity index (χ2v) is 5.50. The molecule has 2 aromatic rings. The normalized spacial score (nSPS) is 9.70. The number of carbonyl (C=O) groups excluding carboxylic acids is 2. The van der Waals surface area contributed by atoms with Crippen LogP contribution in [0.3, 0.4) is 0 Å². The van der Waals surface area contributed by atoms with E-state index in [-0.39, 0.29) is 30.8 Å². The average Bonchev–Trinajstić information content (AvgIpc) is 2.65. The van der Waals surface area contributed by atoms with Crippen LogP contribution in [-0.2, 0) is 11.3 Å². The Bertz CT molecular complexity index is 783. The maximum Gasteiger partial charge on any atom is 0.257 e. The van der Waals surface area contributed by atoms with Crippen molar-refractivity contribution in [1.29, 1.82) is 0 Å². The molecule has 146 valence electrons. The van der Waals surface area contributed by atoms with E-state index < -0.39 is 0 Å². The van der Waals surface area contributed by atoms with Crippen molar-refractivity contribution in [2.24, 2.45) is 0 Å². The molecule has 0 heterocycles. The van der Waals surface area contributed by atoms with Gasteiger partial charge in [-0.05, 0) is 36.8 Å². The molecule has 0 spiro atoms. The molecule has 0 fully saturated rings. The zero-order valence-corrected chi connectivity index (χ0v) is 16.1. The summed E-state index contributed by atoms with van der Waals surface area (Å²) >= 11 is 0. The third-order valence-corrected chi connectivity index (χ3v) is 3.62. The van der Waals surface area contributed by atoms with Crippen molar-refractivity contribution in [2.45, 2.75) is 13.5 Å². The van der Waals surface area contributed by atoms with E-state index in [9.17, 15) is 9.59 Å². The summed E-state index contributed by atoms with van der Waals surface area (Å²) in [7, 11) is 1.52. The molecule has 7 nitrogen and oxygen atoms in total. The maximum absolute atomic E-state index is 12.2. The molecule has 4 N–H and O–H groups in total. The molecule has 2 rings (SSSR count). The molecule has 0 saturated heterocycles. The van der Waals surface area contributed by atoms with Gasteiger partial charge in [-0.25, -0.2) is 0 Å². The van der Waals surface area contributed by atoms with E-state index in [1.807, 2.05) is 6.92 Å². The van der Waals surface area contributed by atoms with Gasteiger partial charge in [0.15, 0.2) is 18.1 Å². The monoisotopic (exact) mass is 393 g/mol. The highest BCUT2D eigenvalue weighted by molar-refractivity contribution is 5.99. The molecule has 0 aliphatic rings. The number of nitrogens with two attached hydrogens (primary N) is 1. The highest BCUT2D eigenvalue weighted by atomic mass is 35.5. The molecule has 8 heteroatoms. The lowest BCUT2D eigenvalue weighted by Crippen LogP contribution is -2.28. The van der Waals surface area contributed by atoms with Gasteiger partial charge in [0.1, 0.15) is 0 Å². The maximum atomic E-state index is 12.2. The number of nitrogens with one attached hydrogen (secondary N) is 2. The van der Waals surface area contributed by atoms with Crippen LogP contribution in [0.15, 0.2) is 42.5 Å². The Morgan fingerprint density at radius 1 is 1.07 bits per heavy atom. The fourth-order valence-corrected chi connectivity index (χ4v) is 2.31. The number of rotatable bonds is 8. The Balaban J connectivity index is 0.00000364. The summed E-state index contributed by atoms with van der Waals surface area (Å²) in [5.74, 6) is 0.492. The van der Waals surface area contributed by atoms with E-state index in [2.05, 4.69) is 10.6 Å². The number of benzene rings is 2. The lowest BCUT2D eigenvalue weighted by molar-refractivity contribution is -0.123. The van der Waals surface area contributed by atoms with Gasteiger partial charge in [0.2, 0.25) is 0 Å². The molecule has 2 aromatic carbocycles. The fourth-order valence-electron chi connectivity index (χ4n) is 2.31. The van der Waals surface area contributed by atoms with Crippen LogP contribution in [0.25, 0.3) is 0 Å². The van der Waals surface area contributed by atoms with Crippen molar-refractivity contribution in [2.75, 3.05) is 26.0 Å². The standard InChI is InChI=1S/C19H23N3O4.ClH/c1-3-21-18(23)12-26-16-9-8-13(10-17(16)25-2)11-22-19(24)14-6-4-5-7-15(14)20;/h4-10H,3,11-12,20H2,1-2H3,(H,21,23)(H,22,24);1H. The van der Waals surface area contributed by atoms with Crippen LogP contribution in [0.4, 0.5) is 5.69 Å². The van der Waals surface area contributed by atoms with Gasteiger partial charge in [0, 0.05) is 18.8 Å². The summed E-state index contributed by atoms with van der Waals surface area (Å²) in [5.41, 5.74) is 7.49. The van der Waals surface area contributed by atoms with Gasteiger partial charge in [0.25, 0.3) is 11.8 Å². The van der Waals surface area contributed by atoms with E-state index in [0.29, 0.717) is 35.8 Å². The second kappa shape index (κ2) is 10.9. The van der Waals surface area contributed by atoms with Crippen LogP contribution in [-0.4, -0.2) is 32.1 Å². The smallest absolute Gasteiger partial charge is 0.257 e. The van der Waals surface area contributed by atoms with Crippen molar-refractivity contribution in [3.8, 4) is 11.5 Å². The van der Waals surface area contributed by atoms with Crippen molar-refractivity contribution in [3.63, 3.8) is 0 Å². The van der Waals surface area contributed by atoms with Crippen LogP contribution in [0, 0.1) is 0 Å². The molecule has 0 saturated carbocycles. The molecular formula is C19H24ClN3O4. The predicted molar refractivity (Wildman–Crippen MR) is 106 cm³/mol. The van der Waals surface area contributed by atoms with E-state index >= 15 is 0 Å². The summed E-state index contributed by atoms with van der Waals surface area (Å²) in [5, 5.41) is 5.47. The van der Waals surface area contributed by atoms with Gasteiger partial charge < -0.3 is 25.8 Å². The summed E-state index contributed by atoms with van der Waals surface area (Å²) in [6.45, 7) is 2.60. The SMILES string of the molecule is CCNC(=O)COc1ccc(CNC(=O)c2ccccc2N)cc1OC.Cl. The highest BCUT2D eigenvalue weighted by Gasteiger charge is 2.11. The summed E-state index contributed by atoms with van der Waals surface area (Å²) in [6.07, 6.45) is 0. The third-order valence-electron chi connectivity index (χ3n) is 3.62. The topological polar surface area (TPSA) is 103 Å². The average molecular weight is 394 g/mol. The van der Waals surface area contributed by atoms with Crippen molar-refractivity contribution < 1.29 is 19.1 Å². The number of carbonyl (C=O) groups is 2. The molecule has 0 aliphatic heterocycles. The molecule has 2 amide bonds. The summed E-state index contributed by atoms with van der Waals surface area (Å²) in [4.78, 5) is 23.7. The van der Waals surface area contributed by atoms with Crippen LogP contribution in [0.1, 0.15) is 22.8 Å². The molecule has 0 unspecified atom stereocenters. The minimum Gasteiger partial charge on any atom is -0.493 e. The highest BCUT2D eigenvalue weighted by Crippen LogP contribution is 2.28. The largest absolute Gasteiger partial charge is 0.493 e. The minimum absolute atomic E-state index is 0. The first kappa shape index (κ1) is 22.1. The van der Waals surface area contributed by atoms with Crippen LogP contribution in [0.2, 0.25) is 0 Å². The first-order chi connectivity index (χ1) is 12.5. The lowest BCUT2D eigenvalue weighted by atomic mass is 10.1. The van der Waals surface area contributed by atoms with Crippen LogP contribution >= 0.6 is 12.4 Å². The Hall–Kier alpha value is -2.93. The van der Waals surface area contributed by atoms with Crippen molar-refractivity contribution >= 4 is 29.9 Å². The number of hydrogen-bond acceptors (Lipinski definition) is 5. The molecule has 27 heavy (non-hydrogen) atoms. The third kappa shape index (κ3) is 6.38. The first-order valence-electron chi connectivity index (χ1n) is 8.24. The number of ether oxygens (including phenoxy) is 2. The zero-order valence-electron chi connectivity index (χ0n) is 15.3. The Kier molecular flexibility index (Phi) is 8.95. The Morgan fingerprint density at radius 3 is 2.48 bits per heavy atom. The summed E-state index contributed by atoms with van der Waals surface area (Å²) < 4.78 is 10.8. The number of anilines is 1. The molecule has 0 radical (unpaired) electrons. The van der Waals surface area contributed by atoms with Gasteiger partial charge >= 0.3 is 0 Å². The van der Waals surface area contributed by atoms with E-state index in [1.165, 1.54) is 7.11 Å². The number of likely N-dealkylation sites (N-methyl/N-ethyl adjacent to an activating group) is 1. The van der Waals surface area contributed by atoms with E-state index in [1.54, 1.807) is 42.5 Å². The molecular weight excluding hydrogens is 370 g/mol. The van der Waals surface area contributed by atoms with Gasteiger partial charge in [-0.1, -0.05) is 18.2 Å². The Morgan fingerprint density at radius 2 is 1.81 bits per heavy atom. The quantitative estimate of drug-likeness (QED) is 0.596. The van der Waals surface area contributed by atoms with Crippen molar-refractivity contribution in [1.82, 2.24) is 10.6 Å². The second-order valence-electron chi connectivity index (χ2n) is 5.50. The number of halogens is 1. The molecule has 0 aromatic heterocycles. The number of para-hydroxylation sites is 1. The van der Waals surface area contributed by atoms with Gasteiger partial charge in [-0.3, -0.25) is 9.59 Å². The number of methoxy groups -OCH3 is 1. The van der Waals surface area contributed by atoms with E-state index in [4.69, 9.17) is 15.2 Å². The predicted octanol–water partition coefficient (Wildman–Crippen LogP) is 2.14.